The van der Waals surface area contributed by atoms with Gasteiger partial charge in [-0.25, -0.2) is 4.79 Å². The van der Waals surface area contributed by atoms with Gasteiger partial charge in [-0.15, -0.1) is 0 Å². The highest BCUT2D eigenvalue weighted by Crippen LogP contribution is 2.32. The first-order valence-electron chi connectivity index (χ1n) is 6.61. The number of aryl methyl sites for hydroxylation is 1. The second-order valence-corrected chi connectivity index (χ2v) is 5.75. The molecule has 1 aromatic rings. The number of urea groups is 1. The zero-order valence-corrected chi connectivity index (χ0v) is 12.6. The molecule has 0 saturated heterocycles. The molecule has 0 radical (unpaired) electrons. The molecule has 0 fully saturated rings. The molecule has 0 saturated carbocycles. The highest BCUT2D eigenvalue weighted by atomic mass is 79.9. The van der Waals surface area contributed by atoms with Crippen LogP contribution < -0.4 is 10.6 Å². The molecular weight excluding hydrogens is 324 g/mol. The molecule has 1 aliphatic rings. The number of aliphatic carboxylic acids is 1. The van der Waals surface area contributed by atoms with Crippen LogP contribution in [0.3, 0.4) is 0 Å². The van der Waals surface area contributed by atoms with Gasteiger partial charge in [-0.05, 0) is 42.5 Å². The van der Waals surface area contributed by atoms with Gasteiger partial charge in [0.05, 0.1) is 6.04 Å². The number of benzene rings is 1. The van der Waals surface area contributed by atoms with Crippen molar-refractivity contribution >= 4 is 27.9 Å². The molecule has 1 aliphatic carbocycles. The Bertz CT molecular complexity index is 519. The Kier molecular flexibility index (Phi) is 5.00. The van der Waals surface area contributed by atoms with Crippen molar-refractivity contribution in [3.63, 3.8) is 0 Å². The van der Waals surface area contributed by atoms with E-state index in [1.807, 2.05) is 12.1 Å². The Labute approximate surface area is 125 Å². The first-order chi connectivity index (χ1) is 9.56. The summed E-state index contributed by atoms with van der Waals surface area (Å²) < 4.78 is 1.05. The van der Waals surface area contributed by atoms with E-state index < -0.39 is 5.97 Å². The number of nitrogens with one attached hydrogen (secondary N) is 2. The zero-order chi connectivity index (χ0) is 14.5. The largest absolute Gasteiger partial charge is 0.481 e. The SMILES string of the molecule is O=C(O)CCCNC(=O)NC1CCc2cc(Br)ccc21. The van der Waals surface area contributed by atoms with Crippen molar-refractivity contribution in [1.29, 1.82) is 0 Å². The number of hydrogen-bond acceptors (Lipinski definition) is 2. The van der Waals surface area contributed by atoms with Crippen molar-refractivity contribution in [2.24, 2.45) is 0 Å². The van der Waals surface area contributed by atoms with E-state index in [1.54, 1.807) is 0 Å². The van der Waals surface area contributed by atoms with Gasteiger partial charge in [-0.1, -0.05) is 22.0 Å². The van der Waals surface area contributed by atoms with Crippen molar-refractivity contribution < 1.29 is 14.7 Å². The molecule has 1 unspecified atom stereocenters. The van der Waals surface area contributed by atoms with Crippen molar-refractivity contribution in [3.8, 4) is 0 Å². The monoisotopic (exact) mass is 340 g/mol. The minimum atomic E-state index is -0.845. The molecule has 108 valence electrons. The summed E-state index contributed by atoms with van der Waals surface area (Å²) >= 11 is 3.44. The van der Waals surface area contributed by atoms with Crippen LogP contribution in [0.4, 0.5) is 4.79 Å². The minimum Gasteiger partial charge on any atom is -0.481 e. The molecule has 0 heterocycles. The molecule has 0 aliphatic heterocycles. The molecule has 2 amide bonds. The van der Waals surface area contributed by atoms with E-state index in [9.17, 15) is 9.59 Å². The third kappa shape index (κ3) is 3.96. The van der Waals surface area contributed by atoms with Crippen LogP contribution in [0.15, 0.2) is 22.7 Å². The lowest BCUT2D eigenvalue weighted by molar-refractivity contribution is -0.137. The van der Waals surface area contributed by atoms with Crippen molar-refractivity contribution in [2.45, 2.75) is 31.7 Å². The summed E-state index contributed by atoms with van der Waals surface area (Å²) in [5.74, 6) is -0.845. The van der Waals surface area contributed by atoms with E-state index in [1.165, 1.54) is 5.56 Å². The lowest BCUT2D eigenvalue weighted by atomic mass is 10.1. The summed E-state index contributed by atoms with van der Waals surface area (Å²) in [6.45, 7) is 0.373. The fourth-order valence-electron chi connectivity index (χ4n) is 2.39. The fourth-order valence-corrected chi connectivity index (χ4v) is 2.80. The van der Waals surface area contributed by atoms with Crippen LogP contribution in [0.25, 0.3) is 0 Å². The summed E-state index contributed by atoms with van der Waals surface area (Å²) in [7, 11) is 0. The van der Waals surface area contributed by atoms with E-state index in [0.29, 0.717) is 13.0 Å². The number of carbonyl (C=O) groups excluding carboxylic acids is 1. The van der Waals surface area contributed by atoms with Gasteiger partial charge in [0.25, 0.3) is 0 Å². The lowest BCUT2D eigenvalue weighted by Crippen LogP contribution is -2.37. The van der Waals surface area contributed by atoms with Crippen molar-refractivity contribution in [3.05, 3.63) is 33.8 Å². The van der Waals surface area contributed by atoms with Gasteiger partial charge in [0.15, 0.2) is 0 Å². The number of fused-ring (bicyclic) bond motifs is 1. The summed E-state index contributed by atoms with van der Waals surface area (Å²) in [6, 6.07) is 5.89. The van der Waals surface area contributed by atoms with Crippen LogP contribution >= 0.6 is 15.9 Å². The Morgan fingerprint density at radius 1 is 1.40 bits per heavy atom. The van der Waals surface area contributed by atoms with Gasteiger partial charge in [-0.3, -0.25) is 4.79 Å². The topological polar surface area (TPSA) is 78.4 Å². The van der Waals surface area contributed by atoms with E-state index in [0.717, 1.165) is 22.9 Å². The smallest absolute Gasteiger partial charge is 0.315 e. The minimum absolute atomic E-state index is 0.0394. The van der Waals surface area contributed by atoms with Gasteiger partial charge in [0.2, 0.25) is 0 Å². The predicted molar refractivity (Wildman–Crippen MR) is 78.6 cm³/mol. The van der Waals surface area contributed by atoms with E-state index in [4.69, 9.17) is 5.11 Å². The van der Waals surface area contributed by atoms with Crippen LogP contribution in [0.5, 0.6) is 0 Å². The second kappa shape index (κ2) is 6.74. The van der Waals surface area contributed by atoms with Crippen LogP contribution in [0.1, 0.15) is 36.4 Å². The second-order valence-electron chi connectivity index (χ2n) is 4.83. The van der Waals surface area contributed by atoms with Crippen LogP contribution in [0.2, 0.25) is 0 Å². The van der Waals surface area contributed by atoms with Gasteiger partial charge < -0.3 is 15.7 Å². The predicted octanol–water partition coefficient (Wildman–Crippen LogP) is 2.60. The van der Waals surface area contributed by atoms with Crippen molar-refractivity contribution in [1.82, 2.24) is 10.6 Å². The summed E-state index contributed by atoms with van der Waals surface area (Å²) in [4.78, 5) is 22.1. The number of rotatable bonds is 5. The zero-order valence-electron chi connectivity index (χ0n) is 11.0. The van der Waals surface area contributed by atoms with E-state index in [2.05, 4.69) is 32.6 Å². The Hall–Kier alpha value is -1.56. The standard InChI is InChI=1S/C14H17BrN2O3/c15-10-4-5-11-9(8-10)3-6-12(11)17-14(20)16-7-1-2-13(18)19/h4-5,8,12H,1-3,6-7H2,(H,18,19)(H2,16,17,20). The molecule has 5 nitrogen and oxygen atoms in total. The molecule has 0 bridgehead atoms. The summed E-state index contributed by atoms with van der Waals surface area (Å²) in [5, 5.41) is 14.1. The molecule has 20 heavy (non-hydrogen) atoms. The maximum Gasteiger partial charge on any atom is 0.315 e. The maximum absolute atomic E-state index is 11.7. The van der Waals surface area contributed by atoms with E-state index >= 15 is 0 Å². The number of carbonyl (C=O) groups is 2. The first-order valence-corrected chi connectivity index (χ1v) is 7.40. The lowest BCUT2D eigenvalue weighted by Gasteiger charge is -2.14. The third-order valence-corrected chi connectivity index (χ3v) is 3.83. The Balaban J connectivity index is 1.80. The highest BCUT2D eigenvalue weighted by Gasteiger charge is 2.23. The van der Waals surface area contributed by atoms with Crippen LogP contribution in [-0.2, 0) is 11.2 Å². The quantitative estimate of drug-likeness (QED) is 0.721. The molecule has 1 aromatic carbocycles. The summed E-state index contributed by atoms with van der Waals surface area (Å²) in [6.07, 6.45) is 2.37. The number of hydrogen-bond donors (Lipinski definition) is 3. The normalized spacial score (nSPS) is 16.6. The average Bonchev–Trinajstić information content (AvgIpc) is 2.77. The first kappa shape index (κ1) is 14.8. The molecular formula is C14H17BrN2O3. The van der Waals surface area contributed by atoms with E-state index in [-0.39, 0.29) is 18.5 Å². The fraction of sp³-hybridized carbons (Fsp3) is 0.429. The van der Waals surface area contributed by atoms with Crippen LogP contribution in [-0.4, -0.2) is 23.7 Å². The molecule has 2 rings (SSSR count). The van der Waals surface area contributed by atoms with Gasteiger partial charge in [0.1, 0.15) is 0 Å². The number of halogens is 1. The van der Waals surface area contributed by atoms with Crippen molar-refractivity contribution in [2.75, 3.05) is 6.54 Å². The molecule has 1 atom stereocenters. The third-order valence-electron chi connectivity index (χ3n) is 3.34. The molecule has 0 spiro atoms. The molecule has 0 aromatic heterocycles. The van der Waals surface area contributed by atoms with Gasteiger partial charge >= 0.3 is 12.0 Å². The van der Waals surface area contributed by atoms with Crippen LogP contribution in [0, 0.1) is 0 Å². The molecule has 6 heteroatoms. The van der Waals surface area contributed by atoms with Gasteiger partial charge in [-0.2, -0.15) is 0 Å². The highest BCUT2D eigenvalue weighted by molar-refractivity contribution is 9.10. The Morgan fingerprint density at radius 2 is 2.20 bits per heavy atom. The average molecular weight is 341 g/mol. The van der Waals surface area contributed by atoms with Gasteiger partial charge in [0, 0.05) is 17.4 Å². The number of carboxylic acid groups (broad SMARTS) is 1. The molecule has 3 N–H and O–H groups in total. The maximum atomic E-state index is 11.7. The Morgan fingerprint density at radius 3 is 2.95 bits per heavy atom. The number of carboxylic acids is 1. The summed E-state index contributed by atoms with van der Waals surface area (Å²) in [5.41, 5.74) is 2.42. The number of amides is 2.